The largest absolute Gasteiger partial charge is 0.480 e. The summed E-state index contributed by atoms with van der Waals surface area (Å²) in [4.78, 5) is 4.19. The fourth-order valence-corrected chi connectivity index (χ4v) is 2.06. The predicted octanol–water partition coefficient (Wildman–Crippen LogP) is 4.25. The standard InChI is InChI=1S/C15H26N2O/c1-4-5-6-7-8-10-13(2)17-14-11-9-12-16-15(14)18-3/h9,11-13,17H,4-8,10H2,1-3H3. The van der Waals surface area contributed by atoms with Crippen molar-refractivity contribution in [3.05, 3.63) is 18.3 Å². The van der Waals surface area contributed by atoms with E-state index in [4.69, 9.17) is 4.74 Å². The number of nitrogens with zero attached hydrogens (tertiary/aromatic N) is 1. The summed E-state index contributed by atoms with van der Waals surface area (Å²) in [5.41, 5.74) is 0.987. The Balaban J connectivity index is 2.28. The maximum absolute atomic E-state index is 5.23. The van der Waals surface area contributed by atoms with Gasteiger partial charge in [0, 0.05) is 12.2 Å². The molecular weight excluding hydrogens is 224 g/mol. The van der Waals surface area contributed by atoms with E-state index >= 15 is 0 Å². The first-order valence-electron chi connectivity index (χ1n) is 7.03. The van der Waals surface area contributed by atoms with Crippen molar-refractivity contribution in [2.45, 2.75) is 58.4 Å². The first-order valence-corrected chi connectivity index (χ1v) is 7.03. The maximum Gasteiger partial charge on any atom is 0.237 e. The third kappa shape index (κ3) is 5.39. The molecule has 0 aliphatic carbocycles. The van der Waals surface area contributed by atoms with Gasteiger partial charge in [-0.3, -0.25) is 0 Å². The average molecular weight is 250 g/mol. The van der Waals surface area contributed by atoms with Crippen molar-refractivity contribution in [2.24, 2.45) is 0 Å². The van der Waals surface area contributed by atoms with Gasteiger partial charge in [0.15, 0.2) is 0 Å². The summed E-state index contributed by atoms with van der Waals surface area (Å²) >= 11 is 0. The van der Waals surface area contributed by atoms with Crippen LogP contribution in [0.25, 0.3) is 0 Å². The van der Waals surface area contributed by atoms with Gasteiger partial charge < -0.3 is 10.1 Å². The Labute approximate surface area is 111 Å². The molecule has 3 heteroatoms. The monoisotopic (exact) mass is 250 g/mol. The molecule has 1 aromatic rings. The quantitative estimate of drug-likeness (QED) is 0.665. The molecule has 102 valence electrons. The van der Waals surface area contributed by atoms with Crippen LogP contribution in [-0.2, 0) is 0 Å². The van der Waals surface area contributed by atoms with E-state index in [0.717, 1.165) is 5.69 Å². The number of aromatic nitrogens is 1. The molecule has 18 heavy (non-hydrogen) atoms. The molecule has 0 saturated heterocycles. The molecule has 0 spiro atoms. The van der Waals surface area contributed by atoms with Gasteiger partial charge in [0.2, 0.25) is 5.88 Å². The SMILES string of the molecule is CCCCCCCC(C)Nc1cccnc1OC. The van der Waals surface area contributed by atoms with Crippen LogP contribution in [0.3, 0.4) is 0 Å². The van der Waals surface area contributed by atoms with Gasteiger partial charge in [0.1, 0.15) is 0 Å². The molecule has 0 fully saturated rings. The molecule has 0 radical (unpaired) electrons. The first kappa shape index (κ1) is 14.8. The van der Waals surface area contributed by atoms with E-state index in [2.05, 4.69) is 24.1 Å². The summed E-state index contributed by atoms with van der Waals surface area (Å²) in [6.07, 6.45) is 9.60. The van der Waals surface area contributed by atoms with Gasteiger partial charge in [0.25, 0.3) is 0 Å². The minimum Gasteiger partial charge on any atom is -0.480 e. The minimum atomic E-state index is 0.463. The predicted molar refractivity (Wildman–Crippen MR) is 77.2 cm³/mol. The second kappa shape index (κ2) is 8.78. The van der Waals surface area contributed by atoms with E-state index in [1.807, 2.05) is 12.1 Å². The Hall–Kier alpha value is -1.25. The van der Waals surface area contributed by atoms with Gasteiger partial charge >= 0.3 is 0 Å². The van der Waals surface area contributed by atoms with Crippen molar-refractivity contribution in [2.75, 3.05) is 12.4 Å². The van der Waals surface area contributed by atoms with Crippen LogP contribution in [0.5, 0.6) is 5.88 Å². The molecule has 0 saturated carbocycles. The number of anilines is 1. The van der Waals surface area contributed by atoms with E-state index in [-0.39, 0.29) is 0 Å². The highest BCUT2D eigenvalue weighted by molar-refractivity contribution is 5.52. The van der Waals surface area contributed by atoms with E-state index in [0.29, 0.717) is 11.9 Å². The molecule has 1 unspecified atom stereocenters. The van der Waals surface area contributed by atoms with Crippen LogP contribution >= 0.6 is 0 Å². The highest BCUT2D eigenvalue weighted by atomic mass is 16.5. The number of pyridine rings is 1. The highest BCUT2D eigenvalue weighted by Gasteiger charge is 2.06. The number of unbranched alkanes of at least 4 members (excludes halogenated alkanes) is 4. The lowest BCUT2D eigenvalue weighted by atomic mass is 10.1. The van der Waals surface area contributed by atoms with Gasteiger partial charge in [-0.05, 0) is 25.5 Å². The summed E-state index contributed by atoms with van der Waals surface area (Å²) < 4.78 is 5.23. The summed E-state index contributed by atoms with van der Waals surface area (Å²) in [6, 6.07) is 4.41. The topological polar surface area (TPSA) is 34.2 Å². The third-order valence-corrected chi connectivity index (χ3v) is 3.11. The van der Waals surface area contributed by atoms with Crippen molar-refractivity contribution in [1.29, 1.82) is 0 Å². The Morgan fingerprint density at radius 2 is 2.06 bits per heavy atom. The van der Waals surface area contributed by atoms with Crippen LogP contribution in [0.15, 0.2) is 18.3 Å². The van der Waals surface area contributed by atoms with Crippen molar-refractivity contribution >= 4 is 5.69 Å². The summed E-state index contributed by atoms with van der Waals surface area (Å²) in [7, 11) is 1.66. The second-order valence-electron chi connectivity index (χ2n) is 4.81. The van der Waals surface area contributed by atoms with Crippen LogP contribution in [-0.4, -0.2) is 18.1 Å². The number of rotatable bonds is 9. The number of hydrogen-bond donors (Lipinski definition) is 1. The number of nitrogens with one attached hydrogen (secondary N) is 1. The van der Waals surface area contributed by atoms with Crippen molar-refractivity contribution in [3.8, 4) is 5.88 Å². The summed E-state index contributed by atoms with van der Waals surface area (Å²) in [6.45, 7) is 4.46. The summed E-state index contributed by atoms with van der Waals surface area (Å²) in [5.74, 6) is 0.676. The zero-order chi connectivity index (χ0) is 13.2. The number of ether oxygens (including phenoxy) is 1. The minimum absolute atomic E-state index is 0.463. The molecule has 1 heterocycles. The van der Waals surface area contributed by atoms with Crippen molar-refractivity contribution in [3.63, 3.8) is 0 Å². The zero-order valence-corrected chi connectivity index (χ0v) is 11.9. The molecule has 0 bridgehead atoms. The van der Waals surface area contributed by atoms with Gasteiger partial charge in [-0.25, -0.2) is 4.98 Å². The Bertz CT molecular complexity index is 328. The lowest BCUT2D eigenvalue weighted by molar-refractivity contribution is 0.399. The maximum atomic E-state index is 5.23. The molecule has 0 aliphatic heterocycles. The Morgan fingerprint density at radius 1 is 1.28 bits per heavy atom. The number of methoxy groups -OCH3 is 1. The van der Waals surface area contributed by atoms with Crippen LogP contribution in [0, 0.1) is 0 Å². The second-order valence-corrected chi connectivity index (χ2v) is 4.81. The fraction of sp³-hybridized carbons (Fsp3) is 0.667. The highest BCUT2D eigenvalue weighted by Crippen LogP contribution is 2.21. The molecule has 0 aromatic carbocycles. The molecule has 1 N–H and O–H groups in total. The Morgan fingerprint density at radius 3 is 2.78 bits per heavy atom. The summed E-state index contributed by atoms with van der Waals surface area (Å²) in [5, 5.41) is 3.46. The zero-order valence-electron chi connectivity index (χ0n) is 11.9. The van der Waals surface area contributed by atoms with Crippen LogP contribution < -0.4 is 10.1 Å². The van der Waals surface area contributed by atoms with Gasteiger partial charge in [-0.1, -0.05) is 39.0 Å². The molecule has 1 rings (SSSR count). The average Bonchev–Trinajstić information content (AvgIpc) is 2.39. The van der Waals surface area contributed by atoms with E-state index in [1.165, 1.54) is 38.5 Å². The van der Waals surface area contributed by atoms with Crippen molar-refractivity contribution in [1.82, 2.24) is 4.98 Å². The normalized spacial score (nSPS) is 12.2. The van der Waals surface area contributed by atoms with E-state index < -0.39 is 0 Å². The van der Waals surface area contributed by atoms with Crippen LogP contribution in [0.2, 0.25) is 0 Å². The molecule has 0 amide bonds. The van der Waals surface area contributed by atoms with Crippen molar-refractivity contribution < 1.29 is 4.74 Å². The molecule has 3 nitrogen and oxygen atoms in total. The third-order valence-electron chi connectivity index (χ3n) is 3.11. The smallest absolute Gasteiger partial charge is 0.237 e. The molecule has 0 aliphatic rings. The molecular formula is C15H26N2O. The lowest BCUT2D eigenvalue weighted by Gasteiger charge is -2.16. The van der Waals surface area contributed by atoms with E-state index in [9.17, 15) is 0 Å². The fourth-order valence-electron chi connectivity index (χ4n) is 2.06. The number of hydrogen-bond acceptors (Lipinski definition) is 3. The Kier molecular flexibility index (Phi) is 7.23. The first-order chi connectivity index (χ1) is 8.77. The molecule has 1 atom stereocenters. The van der Waals surface area contributed by atoms with Crippen LogP contribution in [0.4, 0.5) is 5.69 Å². The van der Waals surface area contributed by atoms with E-state index in [1.54, 1.807) is 13.3 Å². The van der Waals surface area contributed by atoms with Crippen LogP contribution in [0.1, 0.15) is 52.4 Å². The van der Waals surface area contributed by atoms with Gasteiger partial charge in [0.05, 0.1) is 12.8 Å². The van der Waals surface area contributed by atoms with Gasteiger partial charge in [-0.2, -0.15) is 0 Å². The molecule has 1 aromatic heterocycles. The lowest BCUT2D eigenvalue weighted by Crippen LogP contribution is -2.15. The van der Waals surface area contributed by atoms with Gasteiger partial charge in [-0.15, -0.1) is 0 Å².